The highest BCUT2D eigenvalue weighted by molar-refractivity contribution is 7.92. The summed E-state index contributed by atoms with van der Waals surface area (Å²) in [6.45, 7) is 0. The van der Waals surface area contributed by atoms with Crippen molar-refractivity contribution in [3.05, 3.63) is 47.5 Å². The van der Waals surface area contributed by atoms with Crippen LogP contribution >= 0.6 is 11.6 Å². The Kier molecular flexibility index (Phi) is 6.50. The summed E-state index contributed by atoms with van der Waals surface area (Å²) in [5.41, 5.74) is 1.53. The SMILES string of the molecule is CS(C)(=O)=Nc1cc(Cl)c2c(Nc3ccc(F)cc3O[C@H]3CC[C@H](O)CC3)ncnc2c1. The maximum Gasteiger partial charge on any atom is 0.146 e. The number of hydrogen-bond donors (Lipinski definition) is 2. The minimum Gasteiger partial charge on any atom is -0.488 e. The number of aliphatic hydroxyl groups is 1. The van der Waals surface area contributed by atoms with Crippen molar-refractivity contribution in [2.24, 2.45) is 4.36 Å². The topological polar surface area (TPSA) is 96.7 Å². The molecular weight excluding hydrogens is 455 g/mol. The molecule has 3 aromatic rings. The van der Waals surface area contributed by atoms with Crippen LogP contribution in [-0.2, 0) is 9.73 Å². The van der Waals surface area contributed by atoms with Crippen molar-refractivity contribution < 1.29 is 18.4 Å². The minimum atomic E-state index is -2.36. The Morgan fingerprint density at radius 3 is 2.66 bits per heavy atom. The lowest BCUT2D eigenvalue weighted by Crippen LogP contribution is -2.26. The molecule has 2 aromatic carbocycles. The van der Waals surface area contributed by atoms with Gasteiger partial charge >= 0.3 is 0 Å². The van der Waals surface area contributed by atoms with E-state index in [1.807, 2.05) is 0 Å². The Labute approximate surface area is 191 Å². The molecule has 1 aliphatic carbocycles. The van der Waals surface area contributed by atoms with E-state index in [1.165, 1.54) is 18.5 Å². The van der Waals surface area contributed by atoms with Gasteiger partial charge in [0.15, 0.2) is 0 Å². The molecule has 0 amide bonds. The van der Waals surface area contributed by atoms with Crippen LogP contribution in [-0.4, -0.2) is 44.0 Å². The van der Waals surface area contributed by atoms with Crippen LogP contribution in [0, 0.1) is 5.82 Å². The zero-order valence-corrected chi connectivity index (χ0v) is 19.3. The van der Waals surface area contributed by atoms with Gasteiger partial charge in [-0.3, -0.25) is 0 Å². The quantitative estimate of drug-likeness (QED) is 0.522. The molecule has 0 radical (unpaired) electrons. The van der Waals surface area contributed by atoms with Gasteiger partial charge in [-0.05, 0) is 49.9 Å². The number of aromatic nitrogens is 2. The lowest BCUT2D eigenvalue weighted by atomic mass is 9.95. The van der Waals surface area contributed by atoms with Crippen LogP contribution in [0.1, 0.15) is 25.7 Å². The predicted molar refractivity (Wildman–Crippen MR) is 125 cm³/mol. The first-order valence-electron chi connectivity index (χ1n) is 10.2. The van der Waals surface area contributed by atoms with Crippen LogP contribution in [0.5, 0.6) is 5.75 Å². The second-order valence-corrected chi connectivity index (χ2v) is 11.1. The highest BCUT2D eigenvalue weighted by atomic mass is 35.5. The van der Waals surface area contributed by atoms with Gasteiger partial charge in [0.1, 0.15) is 23.7 Å². The van der Waals surface area contributed by atoms with E-state index in [0.717, 1.165) is 0 Å². The van der Waals surface area contributed by atoms with Gasteiger partial charge in [-0.25, -0.2) is 18.6 Å². The molecule has 4 rings (SSSR count). The third-order valence-corrected chi connectivity index (χ3v) is 6.08. The van der Waals surface area contributed by atoms with Crippen LogP contribution in [0.3, 0.4) is 0 Å². The van der Waals surface area contributed by atoms with Crippen molar-refractivity contribution in [1.82, 2.24) is 9.97 Å². The summed E-state index contributed by atoms with van der Waals surface area (Å²) in [5, 5.41) is 13.8. The number of anilines is 2. The normalized spacial score (nSPS) is 19.0. The summed E-state index contributed by atoms with van der Waals surface area (Å²) < 4.78 is 36.3. The molecule has 0 unspecified atom stereocenters. The van der Waals surface area contributed by atoms with Crippen molar-refractivity contribution in [3.8, 4) is 5.75 Å². The molecule has 0 bridgehead atoms. The minimum absolute atomic E-state index is 0.103. The van der Waals surface area contributed by atoms with Crippen molar-refractivity contribution in [2.45, 2.75) is 37.9 Å². The van der Waals surface area contributed by atoms with Crippen molar-refractivity contribution in [3.63, 3.8) is 0 Å². The lowest BCUT2D eigenvalue weighted by Gasteiger charge is -2.27. The van der Waals surface area contributed by atoms with Gasteiger partial charge in [0, 0.05) is 28.3 Å². The molecule has 32 heavy (non-hydrogen) atoms. The van der Waals surface area contributed by atoms with Gasteiger partial charge in [0.2, 0.25) is 0 Å². The molecule has 0 atom stereocenters. The number of rotatable bonds is 5. The Morgan fingerprint density at radius 1 is 1.19 bits per heavy atom. The number of nitrogens with zero attached hydrogens (tertiary/aromatic N) is 3. The van der Waals surface area contributed by atoms with Crippen molar-refractivity contribution in [2.75, 3.05) is 17.8 Å². The zero-order chi connectivity index (χ0) is 22.9. The third-order valence-electron chi connectivity index (χ3n) is 5.13. The fraction of sp³-hybridized carbons (Fsp3) is 0.364. The van der Waals surface area contributed by atoms with Crippen LogP contribution < -0.4 is 10.1 Å². The van der Waals surface area contributed by atoms with Gasteiger partial charge < -0.3 is 15.2 Å². The average Bonchev–Trinajstić information content (AvgIpc) is 2.70. The van der Waals surface area contributed by atoms with Gasteiger partial charge in [-0.1, -0.05) is 11.6 Å². The summed E-state index contributed by atoms with van der Waals surface area (Å²) >= 11 is 6.51. The highest BCUT2D eigenvalue weighted by Gasteiger charge is 2.22. The first-order chi connectivity index (χ1) is 15.2. The Morgan fingerprint density at radius 2 is 1.94 bits per heavy atom. The molecule has 10 heteroatoms. The average molecular weight is 479 g/mol. The lowest BCUT2D eigenvalue weighted by molar-refractivity contribution is 0.0668. The second-order valence-electron chi connectivity index (χ2n) is 8.13. The zero-order valence-electron chi connectivity index (χ0n) is 17.7. The van der Waals surface area contributed by atoms with Crippen molar-refractivity contribution >= 4 is 49.4 Å². The molecule has 1 saturated carbocycles. The monoisotopic (exact) mass is 478 g/mol. The highest BCUT2D eigenvalue weighted by Crippen LogP contribution is 2.37. The Bertz CT molecular complexity index is 1260. The summed E-state index contributed by atoms with van der Waals surface area (Å²) in [6, 6.07) is 7.54. The van der Waals surface area contributed by atoms with Gasteiger partial charge in [-0.15, -0.1) is 0 Å². The molecule has 1 aromatic heterocycles. The van der Waals surface area contributed by atoms with E-state index in [0.29, 0.717) is 64.6 Å². The largest absolute Gasteiger partial charge is 0.488 e. The van der Waals surface area contributed by atoms with E-state index in [1.54, 1.807) is 30.7 Å². The predicted octanol–water partition coefficient (Wildman–Crippen LogP) is 5.21. The van der Waals surface area contributed by atoms with E-state index in [4.69, 9.17) is 16.3 Å². The standard InChI is InChI=1S/C22H24ClFN4O3S/c1-32(2,30)28-14-10-17(23)21-19(11-14)25-12-26-22(21)27-18-8-3-13(24)9-20(18)31-16-6-4-15(29)5-7-16/h3,8-12,15-16,29H,4-7H2,1-2H3,(H,25,26,27)/t15-,16-. The summed E-state index contributed by atoms with van der Waals surface area (Å²) in [6.07, 6.45) is 6.77. The van der Waals surface area contributed by atoms with E-state index < -0.39 is 15.5 Å². The second kappa shape index (κ2) is 9.17. The number of halogens is 2. The van der Waals surface area contributed by atoms with Crippen LogP contribution in [0.15, 0.2) is 41.0 Å². The van der Waals surface area contributed by atoms with Gasteiger partial charge in [0.25, 0.3) is 0 Å². The molecule has 1 fully saturated rings. The fourth-order valence-corrected chi connectivity index (χ4v) is 4.61. The van der Waals surface area contributed by atoms with Crippen LogP contribution in [0.2, 0.25) is 5.02 Å². The number of ether oxygens (including phenoxy) is 1. The van der Waals surface area contributed by atoms with Crippen LogP contribution in [0.25, 0.3) is 10.9 Å². The first kappa shape index (κ1) is 22.7. The van der Waals surface area contributed by atoms with E-state index in [2.05, 4.69) is 19.6 Å². The number of nitrogens with one attached hydrogen (secondary N) is 1. The fourth-order valence-electron chi connectivity index (χ4n) is 3.70. The van der Waals surface area contributed by atoms with E-state index in [-0.39, 0.29) is 12.2 Å². The molecule has 0 spiro atoms. The van der Waals surface area contributed by atoms with Crippen LogP contribution in [0.4, 0.5) is 21.6 Å². The number of hydrogen-bond acceptors (Lipinski definition) is 7. The number of aliphatic hydroxyl groups excluding tert-OH is 1. The molecule has 1 heterocycles. The number of fused-ring (bicyclic) bond motifs is 1. The molecule has 2 N–H and O–H groups in total. The molecule has 7 nitrogen and oxygen atoms in total. The molecular formula is C22H24ClFN4O3S. The maximum absolute atomic E-state index is 14.0. The Hall–Kier alpha value is -2.49. The Balaban J connectivity index is 1.68. The maximum atomic E-state index is 14.0. The third kappa shape index (κ3) is 5.46. The smallest absolute Gasteiger partial charge is 0.146 e. The molecule has 0 saturated heterocycles. The summed E-state index contributed by atoms with van der Waals surface area (Å²) in [4.78, 5) is 8.58. The molecule has 170 valence electrons. The summed E-state index contributed by atoms with van der Waals surface area (Å²) in [5.74, 6) is 0.370. The van der Waals surface area contributed by atoms with E-state index in [9.17, 15) is 13.7 Å². The number of benzene rings is 2. The molecule has 0 aliphatic heterocycles. The van der Waals surface area contributed by atoms with Gasteiger partial charge in [-0.2, -0.15) is 4.36 Å². The van der Waals surface area contributed by atoms with Gasteiger partial charge in [0.05, 0.1) is 39.5 Å². The van der Waals surface area contributed by atoms with E-state index >= 15 is 0 Å². The molecule has 1 aliphatic rings. The summed E-state index contributed by atoms with van der Waals surface area (Å²) in [7, 11) is -2.36. The first-order valence-corrected chi connectivity index (χ1v) is 12.9. The van der Waals surface area contributed by atoms with Crippen molar-refractivity contribution in [1.29, 1.82) is 0 Å².